The molecule has 60 valence electrons. The van der Waals surface area contributed by atoms with Crippen LogP contribution in [0.15, 0.2) is 12.3 Å². The summed E-state index contributed by atoms with van der Waals surface area (Å²) in [6.07, 6.45) is 1.15. The van der Waals surface area contributed by atoms with E-state index in [-0.39, 0.29) is 11.7 Å². The molecule has 0 spiro atoms. The van der Waals surface area contributed by atoms with Gasteiger partial charge in [0.25, 0.3) is 0 Å². The molecule has 0 radical (unpaired) electrons. The van der Waals surface area contributed by atoms with Crippen molar-refractivity contribution >= 4 is 11.6 Å². The molecule has 1 aromatic heterocycles. The van der Waals surface area contributed by atoms with E-state index in [9.17, 15) is 4.39 Å². The summed E-state index contributed by atoms with van der Waals surface area (Å²) in [4.78, 5) is 3.61. The van der Waals surface area contributed by atoms with E-state index < -0.39 is 0 Å². The van der Waals surface area contributed by atoms with Crippen molar-refractivity contribution in [3.8, 4) is 0 Å². The van der Waals surface area contributed by atoms with Gasteiger partial charge in [-0.15, -0.1) is 0 Å². The van der Waals surface area contributed by atoms with Crippen LogP contribution in [-0.4, -0.2) is 4.98 Å². The molecular weight excluding hydrogens is 165 g/mol. The molecule has 1 heterocycles. The molecule has 0 saturated carbocycles. The maximum Gasteiger partial charge on any atom is 0.145 e. The van der Waals surface area contributed by atoms with Gasteiger partial charge in [0.15, 0.2) is 0 Å². The Labute approximate surface area is 70.2 Å². The lowest BCUT2D eigenvalue weighted by atomic mass is 10.1. The summed E-state index contributed by atoms with van der Waals surface area (Å²) in [5, 5.41) is 0.343. The number of hydrogen-bond donors (Lipinski definition) is 0. The van der Waals surface area contributed by atoms with E-state index in [1.165, 1.54) is 0 Å². The van der Waals surface area contributed by atoms with Gasteiger partial charge in [-0.3, -0.25) is 0 Å². The first-order valence-corrected chi connectivity index (χ1v) is 3.80. The molecule has 0 aliphatic heterocycles. The van der Waals surface area contributed by atoms with Crippen molar-refractivity contribution in [2.75, 3.05) is 0 Å². The quantitative estimate of drug-likeness (QED) is 0.595. The van der Waals surface area contributed by atoms with Crippen molar-refractivity contribution in [3.63, 3.8) is 0 Å². The largest absolute Gasteiger partial charge is 0.242 e. The number of halogens is 2. The zero-order valence-electron chi connectivity index (χ0n) is 6.44. The summed E-state index contributed by atoms with van der Waals surface area (Å²) in [6, 6.07) is 1.56. The van der Waals surface area contributed by atoms with Gasteiger partial charge in [0, 0.05) is 0 Å². The summed E-state index contributed by atoms with van der Waals surface area (Å²) in [7, 11) is 0. The van der Waals surface area contributed by atoms with Gasteiger partial charge >= 0.3 is 0 Å². The zero-order valence-corrected chi connectivity index (χ0v) is 7.19. The molecule has 0 aliphatic carbocycles. The van der Waals surface area contributed by atoms with Gasteiger partial charge in [-0.2, -0.15) is 0 Å². The summed E-state index contributed by atoms with van der Waals surface area (Å²) in [5.74, 6) is -0.139. The Kier molecular flexibility index (Phi) is 2.45. The van der Waals surface area contributed by atoms with Crippen molar-refractivity contribution in [3.05, 3.63) is 28.8 Å². The predicted molar refractivity (Wildman–Crippen MR) is 43.3 cm³/mol. The SMILES string of the molecule is CC(C)c1cc(Cl)ncc1F. The molecule has 0 unspecified atom stereocenters. The molecule has 0 fully saturated rings. The highest BCUT2D eigenvalue weighted by atomic mass is 35.5. The van der Waals surface area contributed by atoms with E-state index in [0.717, 1.165) is 6.20 Å². The third-order valence-electron chi connectivity index (χ3n) is 1.47. The number of hydrogen-bond acceptors (Lipinski definition) is 1. The minimum atomic E-state index is -0.288. The monoisotopic (exact) mass is 173 g/mol. The van der Waals surface area contributed by atoms with Crippen LogP contribution in [0.3, 0.4) is 0 Å². The van der Waals surface area contributed by atoms with Crippen LogP contribution in [0, 0.1) is 5.82 Å². The second-order valence-electron chi connectivity index (χ2n) is 2.68. The maximum absolute atomic E-state index is 12.9. The minimum Gasteiger partial charge on any atom is -0.242 e. The number of aromatic nitrogens is 1. The number of pyridine rings is 1. The Balaban J connectivity index is 3.13. The lowest BCUT2D eigenvalue weighted by Crippen LogP contribution is -1.93. The Hall–Kier alpha value is -0.630. The highest BCUT2D eigenvalue weighted by Gasteiger charge is 2.06. The van der Waals surface area contributed by atoms with E-state index in [0.29, 0.717) is 10.7 Å². The fraction of sp³-hybridized carbons (Fsp3) is 0.375. The van der Waals surface area contributed by atoms with Crippen LogP contribution in [0.5, 0.6) is 0 Å². The van der Waals surface area contributed by atoms with Gasteiger partial charge in [-0.25, -0.2) is 9.37 Å². The molecule has 0 amide bonds. The molecule has 0 aromatic carbocycles. The molecule has 0 bridgehead atoms. The van der Waals surface area contributed by atoms with Crippen molar-refractivity contribution < 1.29 is 4.39 Å². The minimum absolute atomic E-state index is 0.149. The first-order chi connectivity index (χ1) is 5.11. The molecule has 0 atom stereocenters. The van der Waals surface area contributed by atoms with Crippen molar-refractivity contribution in [2.24, 2.45) is 0 Å². The average molecular weight is 174 g/mol. The van der Waals surface area contributed by atoms with Gasteiger partial charge in [0.2, 0.25) is 0 Å². The summed E-state index contributed by atoms with van der Waals surface area (Å²) in [5.41, 5.74) is 0.616. The average Bonchev–Trinajstić information content (AvgIpc) is 1.94. The van der Waals surface area contributed by atoms with E-state index in [1.807, 2.05) is 13.8 Å². The second-order valence-corrected chi connectivity index (χ2v) is 3.07. The molecule has 3 heteroatoms. The van der Waals surface area contributed by atoms with Gasteiger partial charge in [0.1, 0.15) is 11.0 Å². The topological polar surface area (TPSA) is 12.9 Å². The molecule has 0 saturated heterocycles. The summed E-state index contributed by atoms with van der Waals surface area (Å²) >= 11 is 5.58. The van der Waals surface area contributed by atoms with Gasteiger partial charge in [0.05, 0.1) is 6.20 Å². The summed E-state index contributed by atoms with van der Waals surface area (Å²) in [6.45, 7) is 3.82. The van der Waals surface area contributed by atoms with Crippen LogP contribution >= 0.6 is 11.6 Å². The standard InChI is InChI=1S/C8H9ClFN/c1-5(2)6-3-8(9)11-4-7(6)10/h3-5H,1-2H3. The first-order valence-electron chi connectivity index (χ1n) is 3.42. The van der Waals surface area contributed by atoms with Gasteiger partial charge in [-0.05, 0) is 17.5 Å². The van der Waals surface area contributed by atoms with Crippen LogP contribution in [0.1, 0.15) is 25.3 Å². The lowest BCUT2D eigenvalue weighted by Gasteiger charge is -2.05. The number of nitrogens with zero attached hydrogens (tertiary/aromatic N) is 1. The fourth-order valence-electron chi connectivity index (χ4n) is 0.870. The Bertz CT molecular complexity index is 260. The van der Waals surface area contributed by atoms with Crippen molar-refractivity contribution in [1.82, 2.24) is 4.98 Å². The molecule has 0 N–H and O–H groups in total. The maximum atomic E-state index is 12.9. The summed E-state index contributed by atoms with van der Waals surface area (Å²) < 4.78 is 12.9. The fourth-order valence-corrected chi connectivity index (χ4v) is 1.04. The molecule has 1 aromatic rings. The molecular formula is C8H9ClFN. The van der Waals surface area contributed by atoms with Crippen LogP contribution < -0.4 is 0 Å². The predicted octanol–water partition coefficient (Wildman–Crippen LogP) is 3.00. The van der Waals surface area contributed by atoms with E-state index in [2.05, 4.69) is 4.98 Å². The normalized spacial score (nSPS) is 10.6. The smallest absolute Gasteiger partial charge is 0.145 e. The second kappa shape index (κ2) is 3.18. The Morgan fingerprint density at radius 3 is 2.64 bits per heavy atom. The van der Waals surface area contributed by atoms with E-state index >= 15 is 0 Å². The Morgan fingerprint density at radius 2 is 2.18 bits per heavy atom. The molecule has 1 nitrogen and oxygen atoms in total. The van der Waals surface area contributed by atoms with Crippen LogP contribution in [0.4, 0.5) is 4.39 Å². The lowest BCUT2D eigenvalue weighted by molar-refractivity contribution is 0.592. The highest BCUT2D eigenvalue weighted by molar-refractivity contribution is 6.29. The van der Waals surface area contributed by atoms with E-state index in [4.69, 9.17) is 11.6 Å². The van der Waals surface area contributed by atoms with Gasteiger partial charge in [-0.1, -0.05) is 25.4 Å². The Morgan fingerprint density at radius 1 is 1.55 bits per heavy atom. The van der Waals surface area contributed by atoms with E-state index in [1.54, 1.807) is 6.07 Å². The third-order valence-corrected chi connectivity index (χ3v) is 1.68. The first kappa shape index (κ1) is 8.47. The molecule has 1 rings (SSSR count). The van der Waals surface area contributed by atoms with Crippen LogP contribution in [0.25, 0.3) is 0 Å². The highest BCUT2D eigenvalue weighted by Crippen LogP contribution is 2.19. The van der Waals surface area contributed by atoms with Crippen molar-refractivity contribution in [1.29, 1.82) is 0 Å². The van der Waals surface area contributed by atoms with Crippen LogP contribution in [-0.2, 0) is 0 Å². The van der Waals surface area contributed by atoms with Gasteiger partial charge < -0.3 is 0 Å². The third kappa shape index (κ3) is 1.90. The van der Waals surface area contributed by atoms with Crippen molar-refractivity contribution in [2.45, 2.75) is 19.8 Å². The molecule has 11 heavy (non-hydrogen) atoms. The van der Waals surface area contributed by atoms with Crippen LogP contribution in [0.2, 0.25) is 5.15 Å². The molecule has 0 aliphatic rings. The zero-order chi connectivity index (χ0) is 8.43. The number of rotatable bonds is 1.